The highest BCUT2D eigenvalue weighted by atomic mass is 16.6. The smallest absolute Gasteiger partial charge is 0.410 e. The topological polar surface area (TPSA) is 147 Å². The number of hydrogen-bond acceptors (Lipinski definition) is 9. The van der Waals surface area contributed by atoms with E-state index >= 15 is 0 Å². The zero-order chi connectivity index (χ0) is 28.1. The van der Waals surface area contributed by atoms with E-state index in [2.05, 4.69) is 15.5 Å². The molecule has 13 nitrogen and oxygen atoms in total. The molecule has 2 aliphatic heterocycles. The van der Waals surface area contributed by atoms with Crippen LogP contribution in [-0.4, -0.2) is 101 Å². The number of fused-ring (bicyclic) bond motifs is 1. The van der Waals surface area contributed by atoms with E-state index in [0.717, 1.165) is 48.3 Å². The standard InChI is InChI=1S/C27H36N8O5/c1-18(2)40-27(38)34-10-7-21(8-11-34)35-25-22(17-29-35)24(33-12-15-39-16-13-33)31-23(32-25)19-3-5-20(6-4-19)30-26(37)28-9-14-36/h3-6,17-18,21,36H,7-16H2,1-2H3,(H2,28,30,37). The first-order valence-electron chi connectivity index (χ1n) is 13.7. The summed E-state index contributed by atoms with van der Waals surface area (Å²) in [5.41, 5.74) is 2.17. The second-order valence-electron chi connectivity index (χ2n) is 10.1. The fourth-order valence-corrected chi connectivity index (χ4v) is 4.94. The lowest BCUT2D eigenvalue weighted by molar-refractivity contribution is 0.0656. The van der Waals surface area contributed by atoms with Crippen LogP contribution in [0.1, 0.15) is 32.7 Å². The lowest BCUT2D eigenvalue weighted by Crippen LogP contribution is -2.40. The normalized spacial score (nSPS) is 16.4. The van der Waals surface area contributed by atoms with Gasteiger partial charge >= 0.3 is 12.1 Å². The second kappa shape index (κ2) is 12.5. The Bertz CT molecular complexity index is 1310. The number of aromatic nitrogens is 4. The number of nitrogens with one attached hydrogen (secondary N) is 2. The van der Waals surface area contributed by atoms with E-state index in [1.165, 1.54) is 0 Å². The van der Waals surface area contributed by atoms with Crippen molar-refractivity contribution in [1.29, 1.82) is 0 Å². The molecule has 0 aliphatic carbocycles. The first-order valence-corrected chi connectivity index (χ1v) is 13.7. The van der Waals surface area contributed by atoms with Gasteiger partial charge in [0, 0.05) is 44.0 Å². The Labute approximate surface area is 232 Å². The molecule has 0 radical (unpaired) electrons. The van der Waals surface area contributed by atoms with Crippen molar-refractivity contribution in [3.63, 3.8) is 0 Å². The lowest BCUT2D eigenvalue weighted by atomic mass is 10.1. The molecule has 214 valence electrons. The number of piperidine rings is 1. The van der Waals surface area contributed by atoms with E-state index in [1.807, 2.05) is 36.9 Å². The summed E-state index contributed by atoms with van der Waals surface area (Å²) in [4.78, 5) is 38.2. The van der Waals surface area contributed by atoms with Gasteiger partial charge in [-0.05, 0) is 51.0 Å². The first kappa shape index (κ1) is 27.6. The van der Waals surface area contributed by atoms with Crippen molar-refractivity contribution in [3.8, 4) is 11.4 Å². The Morgan fingerprint density at radius 2 is 1.82 bits per heavy atom. The number of carbonyl (C=O) groups is 2. The minimum absolute atomic E-state index is 0.0879. The van der Waals surface area contributed by atoms with Gasteiger partial charge in [-0.25, -0.2) is 24.2 Å². The minimum atomic E-state index is -0.388. The van der Waals surface area contributed by atoms with Crippen LogP contribution in [0.4, 0.5) is 21.1 Å². The van der Waals surface area contributed by atoms with Crippen molar-refractivity contribution in [1.82, 2.24) is 30.0 Å². The largest absolute Gasteiger partial charge is 0.447 e. The zero-order valence-corrected chi connectivity index (χ0v) is 22.9. The maximum absolute atomic E-state index is 12.4. The van der Waals surface area contributed by atoms with Gasteiger partial charge in [-0.2, -0.15) is 5.10 Å². The van der Waals surface area contributed by atoms with E-state index in [0.29, 0.717) is 37.8 Å². The van der Waals surface area contributed by atoms with E-state index in [-0.39, 0.29) is 37.4 Å². The molecule has 0 atom stereocenters. The van der Waals surface area contributed by atoms with Gasteiger partial charge in [-0.3, -0.25) is 0 Å². The Morgan fingerprint density at radius 1 is 1.10 bits per heavy atom. The fourth-order valence-electron chi connectivity index (χ4n) is 4.94. The second-order valence-corrected chi connectivity index (χ2v) is 10.1. The molecule has 40 heavy (non-hydrogen) atoms. The van der Waals surface area contributed by atoms with Gasteiger partial charge in [0.05, 0.1) is 43.5 Å². The van der Waals surface area contributed by atoms with E-state index in [4.69, 9.17) is 29.6 Å². The molecule has 3 aromatic rings. The number of hydrogen-bond donors (Lipinski definition) is 3. The van der Waals surface area contributed by atoms with Gasteiger partial charge < -0.3 is 35.0 Å². The Kier molecular flexibility index (Phi) is 8.60. The van der Waals surface area contributed by atoms with Crippen LogP contribution < -0.4 is 15.5 Å². The maximum atomic E-state index is 12.4. The number of anilines is 2. The minimum Gasteiger partial charge on any atom is -0.447 e. The summed E-state index contributed by atoms with van der Waals surface area (Å²) >= 11 is 0. The van der Waals surface area contributed by atoms with Crippen molar-refractivity contribution in [2.24, 2.45) is 0 Å². The van der Waals surface area contributed by atoms with Gasteiger partial charge in [-0.15, -0.1) is 0 Å². The van der Waals surface area contributed by atoms with Gasteiger partial charge in [0.2, 0.25) is 0 Å². The van der Waals surface area contributed by atoms with Crippen LogP contribution in [0.2, 0.25) is 0 Å². The summed E-state index contributed by atoms with van der Waals surface area (Å²) in [5, 5.41) is 19.8. The molecular weight excluding hydrogens is 516 g/mol. The molecule has 5 rings (SSSR count). The third-order valence-electron chi connectivity index (χ3n) is 6.95. The van der Waals surface area contributed by atoms with E-state index in [1.54, 1.807) is 17.0 Å². The fraction of sp³-hybridized carbons (Fsp3) is 0.519. The molecule has 0 bridgehead atoms. The van der Waals surface area contributed by atoms with Crippen molar-refractivity contribution >= 4 is 34.7 Å². The molecule has 0 spiro atoms. The van der Waals surface area contributed by atoms with Gasteiger partial charge in [0.25, 0.3) is 0 Å². The van der Waals surface area contributed by atoms with Gasteiger partial charge in [0.15, 0.2) is 11.5 Å². The van der Waals surface area contributed by atoms with Crippen molar-refractivity contribution < 1.29 is 24.2 Å². The van der Waals surface area contributed by atoms with Crippen LogP contribution in [0.5, 0.6) is 0 Å². The molecule has 1 aromatic carbocycles. The predicted octanol–water partition coefficient (Wildman–Crippen LogP) is 2.63. The lowest BCUT2D eigenvalue weighted by Gasteiger charge is -2.32. The number of likely N-dealkylation sites (tertiary alicyclic amines) is 1. The highest BCUT2D eigenvalue weighted by Gasteiger charge is 2.28. The summed E-state index contributed by atoms with van der Waals surface area (Å²) in [6, 6.07) is 7.01. The summed E-state index contributed by atoms with van der Waals surface area (Å²) < 4.78 is 12.9. The average Bonchev–Trinajstić information content (AvgIpc) is 3.40. The Hall–Kier alpha value is -3.97. The summed E-state index contributed by atoms with van der Waals surface area (Å²) in [7, 11) is 0. The number of rotatable bonds is 7. The maximum Gasteiger partial charge on any atom is 0.410 e. The first-order chi connectivity index (χ1) is 19.4. The third kappa shape index (κ3) is 6.26. The molecule has 2 saturated heterocycles. The van der Waals surface area contributed by atoms with Crippen molar-refractivity contribution in [3.05, 3.63) is 30.5 Å². The zero-order valence-electron chi connectivity index (χ0n) is 22.9. The van der Waals surface area contributed by atoms with Gasteiger partial charge in [-0.1, -0.05) is 0 Å². The highest BCUT2D eigenvalue weighted by molar-refractivity contribution is 5.90. The number of urea groups is 1. The molecule has 0 unspecified atom stereocenters. The number of aliphatic hydroxyl groups excluding tert-OH is 1. The molecule has 13 heteroatoms. The molecule has 3 N–H and O–H groups in total. The van der Waals surface area contributed by atoms with Crippen LogP contribution >= 0.6 is 0 Å². The van der Waals surface area contributed by atoms with Crippen LogP contribution in [-0.2, 0) is 9.47 Å². The molecule has 4 heterocycles. The molecule has 2 aromatic heterocycles. The SMILES string of the molecule is CC(C)OC(=O)N1CCC(n2ncc3c(N4CCOCC4)nc(-c4ccc(NC(=O)NCCO)cc4)nc32)CC1. The Balaban J connectivity index is 1.42. The van der Waals surface area contributed by atoms with E-state index < -0.39 is 0 Å². The van der Waals surface area contributed by atoms with Crippen LogP contribution in [0, 0.1) is 0 Å². The van der Waals surface area contributed by atoms with Crippen LogP contribution in [0.3, 0.4) is 0 Å². The quantitative estimate of drug-likeness (QED) is 0.402. The van der Waals surface area contributed by atoms with Crippen molar-refractivity contribution in [2.75, 3.05) is 62.8 Å². The van der Waals surface area contributed by atoms with Crippen LogP contribution in [0.15, 0.2) is 30.5 Å². The molecule has 2 aliphatic rings. The molecule has 0 saturated carbocycles. The number of nitrogens with zero attached hydrogens (tertiary/aromatic N) is 6. The third-order valence-corrected chi connectivity index (χ3v) is 6.95. The Morgan fingerprint density at radius 3 is 2.50 bits per heavy atom. The number of aliphatic hydroxyl groups is 1. The monoisotopic (exact) mass is 552 g/mol. The summed E-state index contributed by atoms with van der Waals surface area (Å²) in [6.45, 7) is 7.62. The van der Waals surface area contributed by atoms with Crippen molar-refractivity contribution in [2.45, 2.75) is 38.8 Å². The average molecular weight is 553 g/mol. The van der Waals surface area contributed by atoms with E-state index in [9.17, 15) is 9.59 Å². The highest BCUT2D eigenvalue weighted by Crippen LogP contribution is 2.32. The number of ether oxygens (including phenoxy) is 2. The number of morpholine rings is 1. The van der Waals surface area contributed by atoms with Gasteiger partial charge in [0.1, 0.15) is 5.82 Å². The summed E-state index contributed by atoms with van der Waals surface area (Å²) in [5.74, 6) is 1.38. The molecule has 2 fully saturated rings. The predicted molar refractivity (Wildman–Crippen MR) is 149 cm³/mol. The molecular formula is C27H36N8O5. The number of amides is 3. The van der Waals surface area contributed by atoms with Crippen LogP contribution in [0.25, 0.3) is 22.4 Å². The summed E-state index contributed by atoms with van der Waals surface area (Å²) in [6.07, 6.45) is 2.90. The number of carbonyl (C=O) groups excluding carboxylic acids is 2. The molecule has 3 amide bonds. The number of benzene rings is 1.